The molecule has 0 bridgehead atoms. The summed E-state index contributed by atoms with van der Waals surface area (Å²) in [7, 11) is 2.10. The molecule has 0 unspecified atom stereocenters. The van der Waals surface area contributed by atoms with E-state index in [2.05, 4.69) is 32.0 Å². The summed E-state index contributed by atoms with van der Waals surface area (Å²) in [5.41, 5.74) is 5.05. The minimum absolute atomic E-state index is 0.0748. The van der Waals surface area contributed by atoms with Gasteiger partial charge in [0.15, 0.2) is 0 Å². The number of rotatable bonds is 5. The minimum Gasteiger partial charge on any atom is -0.473 e. The second kappa shape index (κ2) is 9.09. The summed E-state index contributed by atoms with van der Waals surface area (Å²) < 4.78 is 11.9. The molecule has 1 spiro atoms. The molecule has 0 aromatic carbocycles. The van der Waals surface area contributed by atoms with Crippen LogP contribution in [0, 0.1) is 0 Å². The largest absolute Gasteiger partial charge is 0.473 e. The summed E-state index contributed by atoms with van der Waals surface area (Å²) in [6.45, 7) is 10.4. The number of carbonyl (C=O) groups excluding carboxylic acids is 1. The van der Waals surface area contributed by atoms with Gasteiger partial charge in [-0.2, -0.15) is 4.98 Å². The number of amidine groups is 1. The van der Waals surface area contributed by atoms with Crippen molar-refractivity contribution < 1.29 is 19.5 Å². The summed E-state index contributed by atoms with van der Waals surface area (Å²) in [6, 6.07) is 2.11. The number of piperazine rings is 1. The lowest BCUT2D eigenvalue weighted by Gasteiger charge is -2.42. The van der Waals surface area contributed by atoms with E-state index in [-0.39, 0.29) is 29.4 Å². The molecule has 3 fully saturated rings. The summed E-state index contributed by atoms with van der Waals surface area (Å²) in [5, 5.41) is 12.3. The smallest absolute Gasteiger partial charge is 0.410 e. The van der Waals surface area contributed by atoms with Crippen molar-refractivity contribution in [2.24, 2.45) is 10.9 Å². The molecule has 1 aromatic rings. The molecule has 3 N–H and O–H groups in total. The van der Waals surface area contributed by atoms with Crippen LogP contribution < -0.4 is 15.4 Å². The number of amides is 1. The Bertz CT molecular complexity index is 944. The molecule has 1 aliphatic carbocycles. The van der Waals surface area contributed by atoms with Gasteiger partial charge in [-0.3, -0.25) is 9.80 Å². The van der Waals surface area contributed by atoms with Crippen LogP contribution in [0.3, 0.4) is 0 Å². The molecular weight excluding hydrogens is 438 g/mol. The van der Waals surface area contributed by atoms with Gasteiger partial charge in [-0.15, -0.1) is 0 Å². The molecule has 2 atom stereocenters. The molecular formula is C23H37N7O4. The molecule has 2 saturated heterocycles. The van der Waals surface area contributed by atoms with Gasteiger partial charge in [0.05, 0.1) is 5.54 Å². The van der Waals surface area contributed by atoms with E-state index < -0.39 is 5.60 Å². The van der Waals surface area contributed by atoms with Crippen LogP contribution in [0.2, 0.25) is 0 Å². The topological polar surface area (TPSA) is 130 Å². The fourth-order valence-electron chi connectivity index (χ4n) is 4.94. The van der Waals surface area contributed by atoms with Gasteiger partial charge in [0.1, 0.15) is 17.5 Å². The van der Waals surface area contributed by atoms with Gasteiger partial charge < -0.3 is 25.3 Å². The Morgan fingerprint density at radius 3 is 2.62 bits per heavy atom. The van der Waals surface area contributed by atoms with Gasteiger partial charge in [0.25, 0.3) is 0 Å². The third-order valence-electron chi connectivity index (χ3n) is 6.87. The minimum atomic E-state index is -0.538. The van der Waals surface area contributed by atoms with Crippen molar-refractivity contribution in [3.63, 3.8) is 0 Å². The number of hydrogen-bond acceptors (Lipinski definition) is 9. The molecule has 1 saturated carbocycles. The zero-order valence-electron chi connectivity index (χ0n) is 20.8. The highest BCUT2D eigenvalue weighted by molar-refractivity contribution is 5.93. The number of nitrogens with zero attached hydrogens (tertiary/aromatic N) is 6. The predicted molar refractivity (Wildman–Crippen MR) is 127 cm³/mol. The van der Waals surface area contributed by atoms with E-state index in [4.69, 9.17) is 15.2 Å². The van der Waals surface area contributed by atoms with Gasteiger partial charge in [0, 0.05) is 31.7 Å². The molecule has 2 aliphatic heterocycles. The number of carbonyl (C=O) groups is 1. The maximum Gasteiger partial charge on any atom is 0.410 e. The van der Waals surface area contributed by atoms with Crippen molar-refractivity contribution in [3.8, 4) is 5.88 Å². The van der Waals surface area contributed by atoms with Crippen molar-refractivity contribution in [3.05, 3.63) is 11.9 Å². The molecule has 0 radical (unpaired) electrons. The third-order valence-corrected chi connectivity index (χ3v) is 6.87. The number of hydrogen-bond donors (Lipinski definition) is 2. The van der Waals surface area contributed by atoms with Crippen LogP contribution in [0.5, 0.6) is 5.88 Å². The van der Waals surface area contributed by atoms with Crippen LogP contribution in [-0.2, 0) is 4.74 Å². The van der Waals surface area contributed by atoms with E-state index in [1.807, 2.05) is 32.6 Å². The Morgan fingerprint density at radius 2 is 2.03 bits per heavy atom. The first kappa shape index (κ1) is 24.3. The molecule has 1 amide bonds. The molecule has 4 rings (SSSR count). The van der Waals surface area contributed by atoms with Crippen LogP contribution in [-0.4, -0.2) is 93.4 Å². The second-order valence-corrected chi connectivity index (χ2v) is 10.7. The highest BCUT2D eigenvalue weighted by Crippen LogP contribution is 2.45. The average molecular weight is 476 g/mol. The van der Waals surface area contributed by atoms with Gasteiger partial charge in [-0.1, -0.05) is 5.16 Å². The standard InChI is InChI=1S/C23H37N7O4/c1-15(16-7-6-10-28(16)5)33-18-13-17(25-20(26-18)19(24)27-32)29-11-12-30(23(14-29)8-9-23)21(31)34-22(2,3)4/h13,15-16,32H,6-12,14H2,1-5H3,(H2,24,27)/t15-,16-/m0/s1. The van der Waals surface area contributed by atoms with E-state index in [1.165, 1.54) is 0 Å². The molecule has 3 aliphatic rings. The van der Waals surface area contributed by atoms with E-state index >= 15 is 0 Å². The number of nitrogens with two attached hydrogens (primary N) is 1. The van der Waals surface area contributed by atoms with Crippen LogP contribution in [0.25, 0.3) is 0 Å². The summed E-state index contributed by atoms with van der Waals surface area (Å²) in [4.78, 5) is 28.0. The molecule has 1 aromatic heterocycles. The number of anilines is 1. The number of likely N-dealkylation sites (N-methyl/N-ethyl adjacent to an activating group) is 1. The highest BCUT2D eigenvalue weighted by Gasteiger charge is 2.54. The summed E-state index contributed by atoms with van der Waals surface area (Å²) in [5.74, 6) is 0.958. The van der Waals surface area contributed by atoms with Crippen molar-refractivity contribution in [1.82, 2.24) is 19.8 Å². The van der Waals surface area contributed by atoms with Crippen molar-refractivity contribution >= 4 is 17.7 Å². The zero-order valence-corrected chi connectivity index (χ0v) is 20.8. The average Bonchev–Trinajstić information content (AvgIpc) is 3.38. The first-order valence-corrected chi connectivity index (χ1v) is 12.0. The normalized spacial score (nSPS) is 23.8. The Hall–Kier alpha value is -2.82. The summed E-state index contributed by atoms with van der Waals surface area (Å²) >= 11 is 0. The SMILES string of the molecule is C[C@H](Oc1cc(N2CCN(C(=O)OC(C)(C)C)C3(CC3)C2)nc(/C(N)=N/O)n1)[C@@H]1CCCN1C. The lowest BCUT2D eigenvalue weighted by Crippen LogP contribution is -2.58. The van der Waals surface area contributed by atoms with Crippen LogP contribution >= 0.6 is 0 Å². The van der Waals surface area contributed by atoms with E-state index in [9.17, 15) is 10.0 Å². The number of oxime groups is 1. The van der Waals surface area contributed by atoms with Crippen molar-refractivity contribution in [1.29, 1.82) is 0 Å². The Balaban J connectivity index is 1.54. The quantitative estimate of drug-likeness (QED) is 0.284. The third kappa shape index (κ3) is 5.13. The van der Waals surface area contributed by atoms with Gasteiger partial charge in [0.2, 0.25) is 17.5 Å². The Kier molecular flexibility index (Phi) is 6.50. The fraction of sp³-hybridized carbons (Fsp3) is 0.739. The van der Waals surface area contributed by atoms with Crippen molar-refractivity contribution in [2.45, 2.75) is 76.7 Å². The van der Waals surface area contributed by atoms with Gasteiger partial charge in [-0.05, 0) is 67.0 Å². The number of likely N-dealkylation sites (tertiary alicyclic amines) is 1. The Labute approximate surface area is 200 Å². The molecule has 11 heteroatoms. The molecule has 3 heterocycles. The van der Waals surface area contributed by atoms with E-state index in [0.29, 0.717) is 37.4 Å². The predicted octanol–water partition coefficient (Wildman–Crippen LogP) is 2.02. The fourth-order valence-corrected chi connectivity index (χ4v) is 4.94. The van der Waals surface area contributed by atoms with Gasteiger partial charge in [-0.25, -0.2) is 9.78 Å². The molecule has 11 nitrogen and oxygen atoms in total. The monoisotopic (exact) mass is 475 g/mol. The van der Waals surface area contributed by atoms with E-state index in [0.717, 1.165) is 32.2 Å². The van der Waals surface area contributed by atoms with E-state index in [1.54, 1.807) is 6.07 Å². The Morgan fingerprint density at radius 1 is 1.29 bits per heavy atom. The van der Waals surface area contributed by atoms with Crippen LogP contribution in [0.4, 0.5) is 10.6 Å². The van der Waals surface area contributed by atoms with Crippen LogP contribution in [0.15, 0.2) is 11.2 Å². The second-order valence-electron chi connectivity index (χ2n) is 10.7. The lowest BCUT2D eigenvalue weighted by atomic mass is 10.1. The molecule has 188 valence electrons. The number of ether oxygens (including phenoxy) is 2. The first-order chi connectivity index (χ1) is 16.0. The number of aromatic nitrogens is 2. The van der Waals surface area contributed by atoms with Crippen LogP contribution in [0.1, 0.15) is 59.2 Å². The zero-order chi connectivity index (χ0) is 24.7. The van der Waals surface area contributed by atoms with Gasteiger partial charge >= 0.3 is 6.09 Å². The van der Waals surface area contributed by atoms with Crippen molar-refractivity contribution in [2.75, 3.05) is 38.1 Å². The summed E-state index contributed by atoms with van der Waals surface area (Å²) in [6.07, 6.45) is 3.68. The maximum absolute atomic E-state index is 12.8. The highest BCUT2D eigenvalue weighted by atomic mass is 16.6. The maximum atomic E-state index is 12.8. The molecule has 34 heavy (non-hydrogen) atoms. The first-order valence-electron chi connectivity index (χ1n) is 12.0. The lowest BCUT2D eigenvalue weighted by molar-refractivity contribution is 0.0106.